The molecule has 2 nitrogen and oxygen atoms in total. The Morgan fingerprint density at radius 1 is 1.56 bits per heavy atom. The van der Waals surface area contributed by atoms with E-state index in [9.17, 15) is 4.79 Å². The lowest BCUT2D eigenvalue weighted by Gasteiger charge is -2.06. The van der Waals surface area contributed by atoms with Crippen LogP contribution in [0.5, 0.6) is 0 Å². The second-order valence-corrected chi connectivity index (χ2v) is 2.18. The van der Waals surface area contributed by atoms with Gasteiger partial charge in [-0.2, -0.15) is 0 Å². The van der Waals surface area contributed by atoms with Gasteiger partial charge in [-0.1, -0.05) is 13.8 Å². The first kappa shape index (κ1) is 8.69. The molecule has 0 atom stereocenters. The summed E-state index contributed by atoms with van der Waals surface area (Å²) in [4.78, 5) is 10.8. The second kappa shape index (κ2) is 4.56. The first-order valence-corrected chi connectivity index (χ1v) is 3.49. The molecular formula is C6H14BNO. The van der Waals surface area contributed by atoms with Crippen LogP contribution in [-0.4, -0.2) is 13.1 Å². The maximum absolute atomic E-state index is 10.8. The van der Waals surface area contributed by atoms with Crippen molar-refractivity contribution in [3.63, 3.8) is 0 Å². The largest absolute Gasteiger partial charge is 0.366 e. The number of carbonyl (C=O) groups is 1. The summed E-state index contributed by atoms with van der Waals surface area (Å²) in [5.41, 5.74) is 5.37. The van der Waals surface area contributed by atoms with Crippen molar-refractivity contribution in [1.82, 2.24) is 0 Å². The predicted octanol–water partition coefficient (Wildman–Crippen LogP) is 0.259. The molecule has 2 N–H and O–H groups in total. The van der Waals surface area contributed by atoms with Gasteiger partial charge in [-0.25, -0.2) is 0 Å². The van der Waals surface area contributed by atoms with Crippen LogP contribution in [0.15, 0.2) is 0 Å². The summed E-state index contributed by atoms with van der Waals surface area (Å²) in [5.74, 6) is 0.204. The lowest BCUT2D eigenvalue weighted by atomic mass is 9.78. The van der Waals surface area contributed by atoms with E-state index in [2.05, 4.69) is 0 Å². The lowest BCUT2D eigenvalue weighted by Crippen LogP contribution is -2.25. The fraction of sp³-hybridized carbons (Fsp3) is 0.833. The number of hydrogen-bond acceptors (Lipinski definition) is 2. The fourth-order valence-corrected chi connectivity index (χ4v) is 0.911. The first-order valence-electron chi connectivity index (χ1n) is 3.49. The van der Waals surface area contributed by atoms with Gasteiger partial charge in [0.25, 0.3) is 7.41 Å². The van der Waals surface area contributed by atoms with Crippen LogP contribution >= 0.6 is 0 Å². The molecule has 3 heteroatoms. The summed E-state index contributed by atoms with van der Waals surface area (Å²) in [5, 5.41) is 0. The maximum Gasteiger partial charge on any atom is 0.280 e. The van der Waals surface area contributed by atoms with E-state index >= 15 is 0 Å². The van der Waals surface area contributed by atoms with Crippen LogP contribution in [-0.2, 0) is 4.79 Å². The van der Waals surface area contributed by atoms with Gasteiger partial charge in [0.15, 0.2) is 0 Å². The third-order valence-electron chi connectivity index (χ3n) is 1.64. The summed E-state index contributed by atoms with van der Waals surface area (Å²) >= 11 is 0. The zero-order valence-corrected chi connectivity index (χ0v) is 6.18. The quantitative estimate of drug-likeness (QED) is 0.550. The van der Waals surface area contributed by atoms with Crippen LogP contribution in [0.4, 0.5) is 0 Å². The molecule has 0 bridgehead atoms. The maximum atomic E-state index is 10.8. The number of carbonyl (C=O) groups excluding carboxylic acids is 1. The molecule has 0 radical (unpaired) electrons. The SMILES string of the molecule is CCC(CC)C(=O)BN. The van der Waals surface area contributed by atoms with Crippen molar-refractivity contribution in [3.8, 4) is 0 Å². The molecule has 52 valence electrons. The minimum Gasteiger partial charge on any atom is -0.366 e. The summed E-state index contributed by atoms with van der Waals surface area (Å²) < 4.78 is 0. The van der Waals surface area contributed by atoms with Crippen molar-refractivity contribution in [2.75, 3.05) is 0 Å². The number of nitrogens with two attached hydrogens (primary N) is 1. The third kappa shape index (κ3) is 2.66. The molecule has 0 unspecified atom stereocenters. The molecule has 0 amide bonds. The van der Waals surface area contributed by atoms with E-state index in [1.807, 2.05) is 13.8 Å². The van der Waals surface area contributed by atoms with Crippen LogP contribution in [0.25, 0.3) is 0 Å². The number of rotatable bonds is 4. The van der Waals surface area contributed by atoms with Gasteiger partial charge < -0.3 is 10.4 Å². The van der Waals surface area contributed by atoms with E-state index in [-0.39, 0.29) is 19.0 Å². The second-order valence-electron chi connectivity index (χ2n) is 2.18. The lowest BCUT2D eigenvalue weighted by molar-refractivity contribution is -0.115. The number of hydrogen-bond donors (Lipinski definition) is 1. The van der Waals surface area contributed by atoms with Gasteiger partial charge in [0.2, 0.25) is 0 Å². The molecule has 0 fully saturated rings. The fourth-order valence-electron chi connectivity index (χ4n) is 0.911. The highest BCUT2D eigenvalue weighted by Crippen LogP contribution is 2.06. The van der Waals surface area contributed by atoms with Crippen molar-refractivity contribution < 1.29 is 4.79 Å². The Bertz CT molecular complexity index is 91.1. The van der Waals surface area contributed by atoms with E-state index in [0.29, 0.717) is 0 Å². The van der Waals surface area contributed by atoms with Crippen LogP contribution in [0.2, 0.25) is 0 Å². The highest BCUT2D eigenvalue weighted by Gasteiger charge is 2.11. The highest BCUT2D eigenvalue weighted by molar-refractivity contribution is 6.71. The van der Waals surface area contributed by atoms with Crippen molar-refractivity contribution in [2.45, 2.75) is 26.7 Å². The zero-order valence-electron chi connectivity index (χ0n) is 6.18. The van der Waals surface area contributed by atoms with Crippen LogP contribution in [0, 0.1) is 5.92 Å². The minimum absolute atomic E-state index is 0.194. The minimum atomic E-state index is 0.194. The van der Waals surface area contributed by atoms with Crippen molar-refractivity contribution >= 4 is 13.1 Å². The molecule has 0 saturated carbocycles. The average molecular weight is 127 g/mol. The molecule has 0 aliphatic heterocycles. The molecule has 0 aromatic heterocycles. The van der Waals surface area contributed by atoms with Gasteiger partial charge in [0.05, 0.1) is 0 Å². The van der Waals surface area contributed by atoms with Crippen LogP contribution in [0.3, 0.4) is 0 Å². The Morgan fingerprint density at radius 2 is 2.00 bits per heavy atom. The Labute approximate surface area is 57.1 Å². The van der Waals surface area contributed by atoms with E-state index in [0.717, 1.165) is 12.8 Å². The Morgan fingerprint density at radius 3 is 2.11 bits per heavy atom. The standard InChI is InChI=1S/C6H14BNO/c1-3-5(4-2)6(9)7-8/h5,7H,3-4,8H2,1-2H3. The summed E-state index contributed by atoms with van der Waals surface area (Å²) in [6, 6.07) is 0. The molecule has 9 heavy (non-hydrogen) atoms. The third-order valence-corrected chi connectivity index (χ3v) is 1.64. The summed E-state index contributed by atoms with van der Waals surface area (Å²) in [6.45, 7) is 4.03. The van der Waals surface area contributed by atoms with Crippen molar-refractivity contribution in [2.24, 2.45) is 11.6 Å². The Balaban J connectivity index is 3.64. The van der Waals surface area contributed by atoms with E-state index in [1.165, 1.54) is 0 Å². The van der Waals surface area contributed by atoms with Crippen LogP contribution < -0.4 is 5.64 Å². The van der Waals surface area contributed by atoms with Gasteiger partial charge in [-0.15, -0.1) is 0 Å². The zero-order chi connectivity index (χ0) is 7.28. The average Bonchev–Trinajstić information content (AvgIpc) is 1.90. The van der Waals surface area contributed by atoms with Gasteiger partial charge in [0, 0.05) is 5.92 Å². The molecule has 0 saturated heterocycles. The smallest absolute Gasteiger partial charge is 0.280 e. The van der Waals surface area contributed by atoms with Gasteiger partial charge in [0.1, 0.15) is 5.68 Å². The molecule has 0 aliphatic carbocycles. The van der Waals surface area contributed by atoms with Crippen molar-refractivity contribution in [3.05, 3.63) is 0 Å². The van der Waals surface area contributed by atoms with Gasteiger partial charge >= 0.3 is 0 Å². The molecule has 0 spiro atoms. The molecule has 0 aromatic rings. The summed E-state index contributed by atoms with van der Waals surface area (Å²) in [6.07, 6.45) is 1.85. The Hall–Kier alpha value is -0.305. The van der Waals surface area contributed by atoms with E-state index < -0.39 is 0 Å². The summed E-state index contributed by atoms with van der Waals surface area (Å²) in [7, 11) is 0.201. The van der Waals surface area contributed by atoms with E-state index in [1.54, 1.807) is 0 Å². The predicted molar refractivity (Wildman–Crippen MR) is 40.4 cm³/mol. The Kier molecular flexibility index (Phi) is 4.41. The first-order chi connectivity index (χ1) is 4.26. The van der Waals surface area contributed by atoms with Gasteiger partial charge in [-0.3, -0.25) is 0 Å². The monoisotopic (exact) mass is 127 g/mol. The molecule has 0 aromatic carbocycles. The molecule has 0 rings (SSSR count). The molecule has 0 heterocycles. The molecule has 0 aliphatic rings. The highest BCUT2D eigenvalue weighted by atomic mass is 16.1. The van der Waals surface area contributed by atoms with E-state index in [4.69, 9.17) is 5.64 Å². The topological polar surface area (TPSA) is 43.1 Å². The van der Waals surface area contributed by atoms with Gasteiger partial charge in [-0.05, 0) is 12.8 Å². The van der Waals surface area contributed by atoms with Crippen LogP contribution in [0.1, 0.15) is 26.7 Å². The van der Waals surface area contributed by atoms with Crippen molar-refractivity contribution in [1.29, 1.82) is 0 Å². The normalized spacial score (nSPS) is 9.78. The molecular weight excluding hydrogens is 113 g/mol.